The fraction of sp³-hybridized carbons (Fsp3) is 0.208. The molecule has 5 nitrogen and oxygen atoms in total. The van der Waals surface area contributed by atoms with E-state index in [-0.39, 0.29) is 15.5 Å². The Balaban J connectivity index is 1.98. The lowest BCUT2D eigenvalue weighted by atomic mass is 10.1. The standard InChI is InChI=1S/C24H23Cl2FN2O3S/c1-16-7-10-19(13-17(16)2)28(3)24(30)15-29(14-21-22(26)5-4-6-23(21)27)33(31,32)20-11-8-18(25)9-12-20/h4-13H,14-15H2,1-3H3. The first-order valence-electron chi connectivity index (χ1n) is 10.0. The fourth-order valence-corrected chi connectivity index (χ4v) is 4.88. The zero-order valence-electron chi connectivity index (χ0n) is 18.3. The van der Waals surface area contributed by atoms with E-state index in [2.05, 4.69) is 0 Å². The summed E-state index contributed by atoms with van der Waals surface area (Å²) >= 11 is 12.0. The Bertz CT molecular complexity index is 1260. The molecule has 0 aliphatic carbocycles. The lowest BCUT2D eigenvalue weighted by molar-refractivity contribution is -0.118. The summed E-state index contributed by atoms with van der Waals surface area (Å²) in [5.41, 5.74) is 2.67. The smallest absolute Gasteiger partial charge is 0.243 e. The molecule has 0 heterocycles. The first-order valence-corrected chi connectivity index (χ1v) is 12.2. The van der Waals surface area contributed by atoms with Crippen molar-refractivity contribution in [3.05, 3.63) is 93.2 Å². The molecule has 9 heteroatoms. The lowest BCUT2D eigenvalue weighted by Gasteiger charge is -2.26. The van der Waals surface area contributed by atoms with Gasteiger partial charge in [0.2, 0.25) is 15.9 Å². The Labute approximate surface area is 203 Å². The van der Waals surface area contributed by atoms with Gasteiger partial charge in [0.25, 0.3) is 0 Å². The number of hydrogen-bond donors (Lipinski definition) is 0. The molecule has 0 aliphatic heterocycles. The molecule has 0 spiro atoms. The molecule has 0 saturated carbocycles. The molecule has 174 valence electrons. The van der Waals surface area contributed by atoms with E-state index >= 15 is 0 Å². The molecular formula is C24H23Cl2FN2O3S. The van der Waals surface area contributed by atoms with Crippen molar-refractivity contribution in [2.75, 3.05) is 18.5 Å². The van der Waals surface area contributed by atoms with E-state index < -0.39 is 34.8 Å². The molecule has 0 bridgehead atoms. The van der Waals surface area contributed by atoms with Gasteiger partial charge in [0.1, 0.15) is 5.82 Å². The second-order valence-corrected chi connectivity index (χ2v) is 10.4. The Morgan fingerprint density at radius 2 is 1.64 bits per heavy atom. The third kappa shape index (κ3) is 5.73. The van der Waals surface area contributed by atoms with Crippen molar-refractivity contribution < 1.29 is 17.6 Å². The van der Waals surface area contributed by atoms with Gasteiger partial charge < -0.3 is 4.90 Å². The van der Waals surface area contributed by atoms with Crippen LogP contribution in [0.25, 0.3) is 0 Å². The number of benzene rings is 3. The highest BCUT2D eigenvalue weighted by Crippen LogP contribution is 2.26. The minimum atomic E-state index is -4.17. The largest absolute Gasteiger partial charge is 0.314 e. The van der Waals surface area contributed by atoms with Gasteiger partial charge in [-0.05, 0) is 73.5 Å². The maximum absolute atomic E-state index is 14.5. The number of sulfonamides is 1. The van der Waals surface area contributed by atoms with E-state index in [4.69, 9.17) is 23.2 Å². The number of rotatable bonds is 7. The Hall–Kier alpha value is -2.45. The monoisotopic (exact) mass is 508 g/mol. The van der Waals surface area contributed by atoms with Crippen LogP contribution < -0.4 is 4.90 Å². The Morgan fingerprint density at radius 3 is 2.24 bits per heavy atom. The van der Waals surface area contributed by atoms with Crippen LogP contribution >= 0.6 is 23.2 Å². The van der Waals surface area contributed by atoms with Gasteiger partial charge >= 0.3 is 0 Å². The van der Waals surface area contributed by atoms with Gasteiger partial charge in [-0.25, -0.2) is 12.8 Å². The number of amides is 1. The molecule has 0 aliphatic rings. The minimum Gasteiger partial charge on any atom is -0.314 e. The summed E-state index contributed by atoms with van der Waals surface area (Å²) in [5, 5.41) is 0.435. The highest BCUT2D eigenvalue weighted by atomic mass is 35.5. The van der Waals surface area contributed by atoms with E-state index in [9.17, 15) is 17.6 Å². The van der Waals surface area contributed by atoms with Crippen LogP contribution in [0.3, 0.4) is 0 Å². The second-order valence-electron chi connectivity index (χ2n) is 7.65. The Morgan fingerprint density at radius 1 is 0.970 bits per heavy atom. The number of halogens is 3. The van der Waals surface area contributed by atoms with Crippen LogP contribution in [0, 0.1) is 19.7 Å². The molecule has 3 aromatic carbocycles. The van der Waals surface area contributed by atoms with Gasteiger partial charge in [-0.15, -0.1) is 0 Å². The SMILES string of the molecule is Cc1ccc(N(C)C(=O)CN(Cc2c(F)cccc2Cl)S(=O)(=O)c2ccc(Cl)cc2)cc1C. The van der Waals surface area contributed by atoms with Crippen molar-refractivity contribution in [3.8, 4) is 0 Å². The molecule has 0 unspecified atom stereocenters. The third-order valence-electron chi connectivity index (χ3n) is 5.41. The first-order chi connectivity index (χ1) is 15.5. The molecular weight excluding hydrogens is 486 g/mol. The number of anilines is 1. The summed E-state index contributed by atoms with van der Waals surface area (Å²) in [6.07, 6.45) is 0. The van der Waals surface area contributed by atoms with Gasteiger partial charge in [-0.3, -0.25) is 4.79 Å². The van der Waals surface area contributed by atoms with E-state index in [1.807, 2.05) is 26.0 Å². The summed E-state index contributed by atoms with van der Waals surface area (Å²) in [4.78, 5) is 14.4. The minimum absolute atomic E-state index is 0.0154. The molecule has 0 fully saturated rings. The predicted molar refractivity (Wildman–Crippen MR) is 130 cm³/mol. The summed E-state index contributed by atoms with van der Waals surface area (Å²) in [6.45, 7) is 2.95. The van der Waals surface area contributed by atoms with Crippen molar-refractivity contribution in [3.63, 3.8) is 0 Å². The lowest BCUT2D eigenvalue weighted by Crippen LogP contribution is -2.41. The van der Waals surface area contributed by atoms with Crippen LogP contribution in [0.2, 0.25) is 10.0 Å². The third-order valence-corrected chi connectivity index (χ3v) is 7.82. The van der Waals surface area contributed by atoms with Crippen LogP contribution in [0.1, 0.15) is 16.7 Å². The average Bonchev–Trinajstić information content (AvgIpc) is 2.77. The molecule has 33 heavy (non-hydrogen) atoms. The molecule has 0 radical (unpaired) electrons. The van der Waals surface area contributed by atoms with Crippen LogP contribution in [-0.2, 0) is 21.4 Å². The van der Waals surface area contributed by atoms with Crippen LogP contribution in [0.15, 0.2) is 65.6 Å². The van der Waals surface area contributed by atoms with Crippen molar-refractivity contribution in [1.82, 2.24) is 4.31 Å². The highest BCUT2D eigenvalue weighted by Gasteiger charge is 2.30. The molecule has 0 N–H and O–H groups in total. The quantitative estimate of drug-likeness (QED) is 0.417. The first kappa shape index (κ1) is 25.2. The van der Waals surface area contributed by atoms with Gasteiger partial charge in [-0.1, -0.05) is 35.3 Å². The van der Waals surface area contributed by atoms with E-state index in [0.29, 0.717) is 10.7 Å². The van der Waals surface area contributed by atoms with Crippen molar-refractivity contribution in [2.45, 2.75) is 25.3 Å². The number of likely N-dealkylation sites (N-methyl/N-ethyl adjacent to an activating group) is 1. The van der Waals surface area contributed by atoms with Crippen molar-refractivity contribution in [1.29, 1.82) is 0 Å². The fourth-order valence-electron chi connectivity index (χ4n) is 3.18. The predicted octanol–water partition coefficient (Wildman–Crippen LogP) is 5.60. The zero-order chi connectivity index (χ0) is 24.3. The van der Waals surface area contributed by atoms with Crippen LogP contribution in [0.4, 0.5) is 10.1 Å². The number of carbonyl (C=O) groups excluding carboxylic acids is 1. The van der Waals surface area contributed by atoms with Gasteiger partial charge in [0, 0.05) is 34.9 Å². The zero-order valence-corrected chi connectivity index (χ0v) is 20.7. The maximum Gasteiger partial charge on any atom is 0.243 e. The van der Waals surface area contributed by atoms with E-state index in [1.165, 1.54) is 47.4 Å². The molecule has 0 saturated heterocycles. The van der Waals surface area contributed by atoms with Gasteiger partial charge in [0.15, 0.2) is 0 Å². The topological polar surface area (TPSA) is 57.7 Å². The average molecular weight is 509 g/mol. The van der Waals surface area contributed by atoms with Crippen LogP contribution in [0.5, 0.6) is 0 Å². The highest BCUT2D eigenvalue weighted by molar-refractivity contribution is 7.89. The van der Waals surface area contributed by atoms with Crippen LogP contribution in [-0.4, -0.2) is 32.2 Å². The number of aryl methyl sites for hydroxylation is 2. The number of hydrogen-bond acceptors (Lipinski definition) is 3. The molecule has 3 rings (SSSR count). The van der Waals surface area contributed by atoms with Crippen molar-refractivity contribution >= 4 is 44.8 Å². The molecule has 0 atom stereocenters. The summed E-state index contributed by atoms with van der Waals surface area (Å²) in [7, 11) is -2.61. The summed E-state index contributed by atoms with van der Waals surface area (Å²) in [6, 6.07) is 15.2. The van der Waals surface area contributed by atoms with E-state index in [1.54, 1.807) is 13.1 Å². The second kappa shape index (κ2) is 10.2. The number of nitrogens with zero attached hydrogens (tertiary/aromatic N) is 2. The summed E-state index contributed by atoms with van der Waals surface area (Å²) in [5.74, 6) is -1.14. The Kier molecular flexibility index (Phi) is 7.80. The maximum atomic E-state index is 14.5. The van der Waals surface area contributed by atoms with E-state index in [0.717, 1.165) is 15.4 Å². The molecule has 1 amide bonds. The summed E-state index contributed by atoms with van der Waals surface area (Å²) < 4.78 is 42.2. The molecule has 0 aromatic heterocycles. The number of carbonyl (C=O) groups is 1. The van der Waals surface area contributed by atoms with Gasteiger partial charge in [-0.2, -0.15) is 4.31 Å². The van der Waals surface area contributed by atoms with Gasteiger partial charge in [0.05, 0.1) is 11.4 Å². The van der Waals surface area contributed by atoms with Crippen molar-refractivity contribution in [2.24, 2.45) is 0 Å². The normalized spacial score (nSPS) is 11.6. The molecule has 3 aromatic rings.